The van der Waals surface area contributed by atoms with Gasteiger partial charge in [-0.15, -0.1) is 11.3 Å². The van der Waals surface area contributed by atoms with Crippen LogP contribution in [0.1, 0.15) is 18.7 Å². The van der Waals surface area contributed by atoms with Gasteiger partial charge in [-0.05, 0) is 24.6 Å². The molecule has 3 nitrogen and oxygen atoms in total. The molecule has 1 N–H and O–H groups in total. The summed E-state index contributed by atoms with van der Waals surface area (Å²) in [5.74, 6) is 1.54. The Balaban J connectivity index is 2.03. The van der Waals surface area contributed by atoms with Crippen molar-refractivity contribution in [2.24, 2.45) is 5.92 Å². The number of ether oxygens (including phenoxy) is 1. The van der Waals surface area contributed by atoms with Gasteiger partial charge in [0.25, 0.3) is 0 Å². The number of rotatable bonds is 6. The van der Waals surface area contributed by atoms with Crippen molar-refractivity contribution in [1.29, 1.82) is 0 Å². The van der Waals surface area contributed by atoms with Gasteiger partial charge < -0.3 is 10.1 Å². The minimum Gasteiger partial charge on any atom is -0.497 e. The van der Waals surface area contributed by atoms with E-state index in [1.165, 1.54) is 4.88 Å². The molecule has 0 aliphatic carbocycles. The molecule has 0 bridgehead atoms. The van der Waals surface area contributed by atoms with Crippen molar-refractivity contribution >= 4 is 11.3 Å². The van der Waals surface area contributed by atoms with Gasteiger partial charge in [-0.1, -0.05) is 26.0 Å². The highest BCUT2D eigenvalue weighted by molar-refractivity contribution is 7.15. The number of hydrogen-bond acceptors (Lipinski definition) is 4. The predicted octanol–water partition coefficient (Wildman–Crippen LogP) is 3.56. The molecule has 19 heavy (non-hydrogen) atoms. The normalized spacial score (nSPS) is 10.9. The average Bonchev–Trinajstić information content (AvgIpc) is 2.87. The molecule has 0 amide bonds. The van der Waals surface area contributed by atoms with Crippen LogP contribution in [0.4, 0.5) is 0 Å². The van der Waals surface area contributed by atoms with Crippen LogP contribution in [0.3, 0.4) is 0 Å². The Morgan fingerprint density at radius 1 is 1.37 bits per heavy atom. The van der Waals surface area contributed by atoms with Gasteiger partial charge in [0.05, 0.1) is 7.11 Å². The van der Waals surface area contributed by atoms with E-state index in [9.17, 15) is 0 Å². The van der Waals surface area contributed by atoms with Gasteiger partial charge in [-0.3, -0.25) is 0 Å². The fourth-order valence-corrected chi connectivity index (χ4v) is 2.64. The second kappa shape index (κ2) is 6.68. The minimum atomic E-state index is 0.672. The zero-order valence-electron chi connectivity index (χ0n) is 11.6. The highest BCUT2D eigenvalue weighted by atomic mass is 32.1. The van der Waals surface area contributed by atoms with Gasteiger partial charge in [0.15, 0.2) is 0 Å². The summed E-state index contributed by atoms with van der Waals surface area (Å²) in [6, 6.07) is 8.02. The van der Waals surface area contributed by atoms with Crippen LogP contribution < -0.4 is 10.1 Å². The maximum absolute atomic E-state index is 5.24. The van der Waals surface area contributed by atoms with E-state index >= 15 is 0 Å². The molecule has 0 saturated carbocycles. The lowest BCUT2D eigenvalue weighted by Crippen LogP contribution is -2.18. The van der Waals surface area contributed by atoms with Gasteiger partial charge in [0.2, 0.25) is 0 Å². The van der Waals surface area contributed by atoms with E-state index in [0.29, 0.717) is 5.92 Å². The first-order chi connectivity index (χ1) is 9.19. The predicted molar refractivity (Wildman–Crippen MR) is 80.6 cm³/mol. The fourth-order valence-electron chi connectivity index (χ4n) is 1.76. The maximum atomic E-state index is 5.24. The second-order valence-electron chi connectivity index (χ2n) is 4.89. The van der Waals surface area contributed by atoms with Gasteiger partial charge in [0.1, 0.15) is 10.8 Å². The maximum Gasteiger partial charge on any atom is 0.123 e. The SMILES string of the molecule is COc1cccc(-c2ncc(CNCC(C)C)s2)c1. The van der Waals surface area contributed by atoms with E-state index in [4.69, 9.17) is 4.74 Å². The summed E-state index contributed by atoms with van der Waals surface area (Å²) in [5.41, 5.74) is 1.11. The Labute approximate surface area is 118 Å². The van der Waals surface area contributed by atoms with Gasteiger partial charge >= 0.3 is 0 Å². The van der Waals surface area contributed by atoms with E-state index in [2.05, 4.69) is 30.2 Å². The van der Waals surface area contributed by atoms with Crippen molar-refractivity contribution < 1.29 is 4.74 Å². The third-order valence-corrected chi connectivity index (χ3v) is 3.77. The quantitative estimate of drug-likeness (QED) is 0.876. The lowest BCUT2D eigenvalue weighted by Gasteiger charge is -2.04. The first kappa shape index (κ1) is 14.0. The van der Waals surface area contributed by atoms with E-state index < -0.39 is 0 Å². The summed E-state index contributed by atoms with van der Waals surface area (Å²) in [5, 5.41) is 4.48. The lowest BCUT2D eigenvalue weighted by molar-refractivity contribution is 0.415. The van der Waals surface area contributed by atoms with Crippen LogP contribution in [0.15, 0.2) is 30.5 Å². The molecule has 1 aromatic carbocycles. The Morgan fingerprint density at radius 3 is 2.95 bits per heavy atom. The molecule has 2 aromatic rings. The summed E-state index contributed by atoms with van der Waals surface area (Å²) < 4.78 is 5.24. The number of thiazole rings is 1. The molecule has 0 aliphatic heterocycles. The van der Waals surface area contributed by atoms with Crippen molar-refractivity contribution in [3.63, 3.8) is 0 Å². The van der Waals surface area contributed by atoms with Crippen LogP contribution >= 0.6 is 11.3 Å². The smallest absolute Gasteiger partial charge is 0.123 e. The Hall–Kier alpha value is -1.39. The van der Waals surface area contributed by atoms with Gasteiger partial charge in [-0.2, -0.15) is 0 Å². The Kier molecular flexibility index (Phi) is 4.93. The van der Waals surface area contributed by atoms with Crippen molar-refractivity contribution in [2.45, 2.75) is 20.4 Å². The van der Waals surface area contributed by atoms with Crippen LogP contribution in [0, 0.1) is 5.92 Å². The summed E-state index contributed by atoms with van der Waals surface area (Å²) in [6.45, 7) is 6.34. The van der Waals surface area contributed by atoms with Gasteiger partial charge in [0, 0.05) is 23.2 Å². The summed E-state index contributed by atoms with van der Waals surface area (Å²) in [6.07, 6.45) is 1.95. The zero-order valence-corrected chi connectivity index (χ0v) is 12.5. The third kappa shape index (κ3) is 4.04. The van der Waals surface area contributed by atoms with Crippen molar-refractivity contribution in [3.8, 4) is 16.3 Å². The molecule has 1 aromatic heterocycles. The van der Waals surface area contributed by atoms with Crippen LogP contribution in [0.25, 0.3) is 10.6 Å². The molecule has 0 unspecified atom stereocenters. The standard InChI is InChI=1S/C15H20N2OS/c1-11(2)8-16-9-14-10-17-15(19-14)12-5-4-6-13(7-12)18-3/h4-7,10-11,16H,8-9H2,1-3H3. The molecule has 0 aliphatic rings. The van der Waals surface area contributed by atoms with Gasteiger partial charge in [-0.25, -0.2) is 4.98 Å². The lowest BCUT2D eigenvalue weighted by atomic mass is 10.2. The van der Waals surface area contributed by atoms with E-state index in [1.807, 2.05) is 24.4 Å². The molecule has 0 saturated heterocycles. The first-order valence-electron chi connectivity index (χ1n) is 6.49. The summed E-state index contributed by atoms with van der Waals surface area (Å²) >= 11 is 1.73. The molecular weight excluding hydrogens is 256 g/mol. The van der Waals surface area contributed by atoms with E-state index in [0.717, 1.165) is 29.4 Å². The molecule has 0 spiro atoms. The summed E-state index contributed by atoms with van der Waals surface area (Å²) in [4.78, 5) is 5.75. The molecule has 0 atom stereocenters. The second-order valence-corrected chi connectivity index (χ2v) is 6.00. The fraction of sp³-hybridized carbons (Fsp3) is 0.400. The summed E-state index contributed by atoms with van der Waals surface area (Å²) in [7, 11) is 1.68. The first-order valence-corrected chi connectivity index (χ1v) is 7.30. The van der Waals surface area contributed by atoms with Crippen LogP contribution in [-0.4, -0.2) is 18.6 Å². The van der Waals surface area contributed by atoms with Crippen LogP contribution in [-0.2, 0) is 6.54 Å². The zero-order chi connectivity index (χ0) is 13.7. The van der Waals surface area contributed by atoms with E-state index in [-0.39, 0.29) is 0 Å². The number of methoxy groups -OCH3 is 1. The monoisotopic (exact) mass is 276 g/mol. The molecule has 0 radical (unpaired) electrons. The molecule has 102 valence electrons. The number of benzene rings is 1. The Morgan fingerprint density at radius 2 is 2.21 bits per heavy atom. The Bertz CT molecular complexity index is 522. The number of hydrogen-bond donors (Lipinski definition) is 1. The largest absolute Gasteiger partial charge is 0.497 e. The highest BCUT2D eigenvalue weighted by Crippen LogP contribution is 2.27. The molecule has 4 heteroatoms. The number of aromatic nitrogens is 1. The molecular formula is C15H20N2OS. The van der Waals surface area contributed by atoms with E-state index in [1.54, 1.807) is 18.4 Å². The molecule has 0 fully saturated rings. The topological polar surface area (TPSA) is 34.1 Å². The molecule has 1 heterocycles. The third-order valence-electron chi connectivity index (χ3n) is 2.72. The van der Waals surface area contributed by atoms with Crippen LogP contribution in [0.2, 0.25) is 0 Å². The van der Waals surface area contributed by atoms with Crippen LogP contribution in [0.5, 0.6) is 5.75 Å². The van der Waals surface area contributed by atoms with Crippen molar-refractivity contribution in [2.75, 3.05) is 13.7 Å². The molecule has 2 rings (SSSR count). The number of nitrogens with one attached hydrogen (secondary N) is 1. The number of nitrogens with zero attached hydrogens (tertiary/aromatic N) is 1. The highest BCUT2D eigenvalue weighted by Gasteiger charge is 2.05. The van der Waals surface area contributed by atoms with Crippen molar-refractivity contribution in [1.82, 2.24) is 10.3 Å². The van der Waals surface area contributed by atoms with Crippen molar-refractivity contribution in [3.05, 3.63) is 35.3 Å². The average molecular weight is 276 g/mol. The minimum absolute atomic E-state index is 0.672.